The van der Waals surface area contributed by atoms with Crippen molar-refractivity contribution in [2.24, 2.45) is 5.92 Å². The summed E-state index contributed by atoms with van der Waals surface area (Å²) < 4.78 is 33.8. The zero-order chi connectivity index (χ0) is 26.9. The average molecular weight is 559 g/mol. The highest BCUT2D eigenvalue weighted by atomic mass is 35.5. The van der Waals surface area contributed by atoms with E-state index in [0.717, 1.165) is 41.8 Å². The first-order valence-corrected chi connectivity index (χ1v) is 14.1. The lowest BCUT2D eigenvalue weighted by Gasteiger charge is -2.30. The van der Waals surface area contributed by atoms with E-state index in [0.29, 0.717) is 55.1 Å². The maximum absolute atomic E-state index is 13.2. The molecule has 2 fully saturated rings. The lowest BCUT2D eigenvalue weighted by Crippen LogP contribution is -2.29. The lowest BCUT2D eigenvalue weighted by atomic mass is 9.79. The molecule has 2 saturated heterocycles. The number of nitrogens with zero attached hydrogens (tertiary/aromatic N) is 1. The van der Waals surface area contributed by atoms with Gasteiger partial charge in [0.2, 0.25) is 5.91 Å². The van der Waals surface area contributed by atoms with Gasteiger partial charge in [0.05, 0.1) is 6.33 Å². The van der Waals surface area contributed by atoms with Crippen LogP contribution in [0.4, 0.5) is 8.78 Å². The molecule has 1 amide bonds. The Morgan fingerprint density at radius 2 is 1.89 bits per heavy atom. The van der Waals surface area contributed by atoms with Gasteiger partial charge in [-0.15, -0.1) is 0 Å². The number of nitrogens with one attached hydrogen (secondary N) is 1. The van der Waals surface area contributed by atoms with E-state index in [1.165, 1.54) is 18.2 Å². The highest BCUT2D eigenvalue weighted by molar-refractivity contribution is 7.97. The molecule has 3 atom stereocenters. The number of allylic oxidation sites excluding steroid dienone is 3. The van der Waals surface area contributed by atoms with Crippen LogP contribution in [-0.2, 0) is 9.53 Å². The van der Waals surface area contributed by atoms with Gasteiger partial charge in [-0.2, -0.15) is 0 Å². The van der Waals surface area contributed by atoms with E-state index in [1.807, 2.05) is 24.3 Å². The topological polar surface area (TPSA) is 41.3 Å². The normalized spacial score (nSPS) is 20.9. The maximum atomic E-state index is 13.2. The van der Waals surface area contributed by atoms with Gasteiger partial charge in [-0.05, 0) is 109 Å². The molecule has 4 rings (SSSR count). The highest BCUT2D eigenvalue weighted by Gasteiger charge is 2.34. The van der Waals surface area contributed by atoms with Crippen LogP contribution in [-0.4, -0.2) is 36.0 Å². The molecule has 0 spiro atoms. The number of carbonyl (C=O) groups excluding carboxylic acids is 1. The Morgan fingerprint density at radius 1 is 1.18 bits per heavy atom. The summed E-state index contributed by atoms with van der Waals surface area (Å²) in [6, 6.07) is 14.5. The van der Waals surface area contributed by atoms with Gasteiger partial charge in [-0.25, -0.2) is 13.1 Å². The Labute approximate surface area is 232 Å². The quantitative estimate of drug-likeness (QED) is 0.165. The maximum Gasteiger partial charge on any atom is 0.225 e. The van der Waals surface area contributed by atoms with Crippen molar-refractivity contribution < 1.29 is 18.3 Å². The molecule has 8 heteroatoms. The zero-order valence-electron chi connectivity index (χ0n) is 21.3. The van der Waals surface area contributed by atoms with Crippen LogP contribution in [0, 0.1) is 11.7 Å². The first kappa shape index (κ1) is 28.6. The molecule has 202 valence electrons. The minimum atomic E-state index is -0.246. The van der Waals surface area contributed by atoms with Crippen molar-refractivity contribution in [3.63, 3.8) is 0 Å². The van der Waals surface area contributed by atoms with Gasteiger partial charge in [0.25, 0.3) is 0 Å². The van der Waals surface area contributed by atoms with Crippen LogP contribution in [0.2, 0.25) is 5.02 Å². The van der Waals surface area contributed by atoms with E-state index in [-0.39, 0.29) is 17.6 Å². The number of halogens is 3. The summed E-state index contributed by atoms with van der Waals surface area (Å²) in [7, 11) is 0. The van der Waals surface area contributed by atoms with Crippen LogP contribution >= 0.6 is 23.5 Å². The number of amides is 1. The predicted molar refractivity (Wildman–Crippen MR) is 150 cm³/mol. The summed E-state index contributed by atoms with van der Waals surface area (Å²) in [5.74, 6) is -0.0117. The van der Waals surface area contributed by atoms with E-state index < -0.39 is 0 Å². The average Bonchev–Trinajstić information content (AvgIpc) is 3.68. The van der Waals surface area contributed by atoms with Gasteiger partial charge in [0, 0.05) is 47.8 Å². The Balaban J connectivity index is 1.33. The number of hydrogen-bond donors (Lipinski definition) is 1. The first-order valence-electron chi connectivity index (χ1n) is 12.9. The highest BCUT2D eigenvalue weighted by Crippen LogP contribution is 2.38. The second kappa shape index (κ2) is 14.1. The third-order valence-electron chi connectivity index (χ3n) is 7.01. The van der Waals surface area contributed by atoms with Crippen LogP contribution in [0.25, 0.3) is 0 Å². The molecule has 38 heavy (non-hydrogen) atoms. The molecule has 2 aliphatic heterocycles. The van der Waals surface area contributed by atoms with Gasteiger partial charge in [0.15, 0.2) is 0 Å². The smallest absolute Gasteiger partial charge is 0.225 e. The van der Waals surface area contributed by atoms with Gasteiger partial charge in [-0.1, -0.05) is 30.3 Å². The molecule has 2 aromatic rings. The third kappa shape index (κ3) is 8.53. The van der Waals surface area contributed by atoms with E-state index in [2.05, 4.69) is 16.2 Å². The molecular weight excluding hydrogens is 526 g/mol. The van der Waals surface area contributed by atoms with E-state index in [9.17, 15) is 13.6 Å². The van der Waals surface area contributed by atoms with Gasteiger partial charge in [-0.3, -0.25) is 4.79 Å². The fraction of sp³-hybridized carbons (Fsp3) is 0.367. The molecule has 1 N–H and O–H groups in total. The van der Waals surface area contributed by atoms with Gasteiger partial charge >= 0.3 is 0 Å². The Kier molecular flexibility index (Phi) is 10.6. The Hall–Kier alpha value is -2.45. The van der Waals surface area contributed by atoms with Gasteiger partial charge < -0.3 is 10.1 Å². The zero-order valence-corrected chi connectivity index (χ0v) is 22.8. The molecule has 3 unspecified atom stereocenters. The number of ether oxygens (including phenoxy) is 1. The standard InChI is InChI=1S/C30H33ClF2N2O2S/c1-21(4-11-26-20-35(26)38-27-12-9-25(33)10-13-27)29(3-2-16-32)34-30(36)19-28(23-14-17-37-18-15-23)22-5-7-24(31)8-6-22/h2-3,5-10,12-13,16,23,26,28H,1,4,11,14-15,17-20H2,(H,34,36). The molecule has 0 bridgehead atoms. The fourth-order valence-electron chi connectivity index (χ4n) is 4.78. The second-order valence-corrected chi connectivity index (χ2v) is 11.3. The van der Waals surface area contributed by atoms with Crippen LogP contribution in [0.15, 0.2) is 89.8 Å². The van der Waals surface area contributed by atoms with E-state index >= 15 is 0 Å². The predicted octanol–water partition coefficient (Wildman–Crippen LogP) is 7.59. The molecular formula is C30H33ClF2N2O2S. The molecule has 0 radical (unpaired) electrons. The number of hydrogen-bond acceptors (Lipinski definition) is 4. The molecule has 0 aliphatic carbocycles. The van der Waals surface area contributed by atoms with Crippen molar-refractivity contribution in [2.45, 2.75) is 49.0 Å². The van der Waals surface area contributed by atoms with Crippen LogP contribution in [0.1, 0.15) is 43.6 Å². The fourth-order valence-corrected chi connectivity index (χ4v) is 5.94. The van der Waals surface area contributed by atoms with Gasteiger partial charge in [0.1, 0.15) is 5.82 Å². The Morgan fingerprint density at radius 3 is 2.58 bits per heavy atom. The summed E-state index contributed by atoms with van der Waals surface area (Å²) in [5, 5.41) is 3.66. The molecule has 4 nitrogen and oxygen atoms in total. The second-order valence-electron chi connectivity index (χ2n) is 9.70. The van der Waals surface area contributed by atoms with Crippen LogP contribution < -0.4 is 5.32 Å². The summed E-state index contributed by atoms with van der Waals surface area (Å²) in [5.41, 5.74) is 2.37. The van der Waals surface area contributed by atoms with E-state index in [1.54, 1.807) is 30.2 Å². The van der Waals surface area contributed by atoms with E-state index in [4.69, 9.17) is 16.3 Å². The van der Waals surface area contributed by atoms with Crippen LogP contribution in [0.3, 0.4) is 0 Å². The van der Waals surface area contributed by atoms with Crippen molar-refractivity contribution in [1.82, 2.24) is 9.62 Å². The summed E-state index contributed by atoms with van der Waals surface area (Å²) >= 11 is 7.70. The summed E-state index contributed by atoms with van der Waals surface area (Å²) in [6.45, 7) is 6.49. The summed E-state index contributed by atoms with van der Waals surface area (Å²) in [6.07, 6.45) is 6.89. The molecule has 0 aromatic heterocycles. The van der Waals surface area contributed by atoms with Crippen molar-refractivity contribution >= 4 is 29.5 Å². The minimum Gasteiger partial charge on any atom is -0.381 e. The van der Waals surface area contributed by atoms with Crippen molar-refractivity contribution in [3.05, 3.63) is 101 Å². The number of carbonyl (C=O) groups is 1. The largest absolute Gasteiger partial charge is 0.381 e. The molecule has 2 aliphatic rings. The summed E-state index contributed by atoms with van der Waals surface area (Å²) in [4.78, 5) is 14.2. The van der Waals surface area contributed by atoms with Crippen LogP contribution in [0.5, 0.6) is 0 Å². The Bertz CT molecular complexity index is 1150. The number of rotatable bonds is 12. The SMILES string of the molecule is C=C(CCC1CN1Sc1ccc(F)cc1)C(=CC=CF)NC(=O)CC(c1ccc(Cl)cc1)C1CCOCC1. The van der Waals surface area contributed by atoms with Crippen molar-refractivity contribution in [1.29, 1.82) is 0 Å². The molecule has 2 heterocycles. The number of benzene rings is 2. The third-order valence-corrected chi connectivity index (χ3v) is 8.43. The minimum absolute atomic E-state index is 0.0332. The lowest BCUT2D eigenvalue weighted by molar-refractivity contribution is -0.121. The first-order chi connectivity index (χ1) is 18.4. The van der Waals surface area contributed by atoms with Crippen molar-refractivity contribution in [3.8, 4) is 0 Å². The van der Waals surface area contributed by atoms with Crippen molar-refractivity contribution in [2.75, 3.05) is 19.8 Å². The molecule has 2 aromatic carbocycles. The molecule has 0 saturated carbocycles. The monoisotopic (exact) mass is 558 g/mol.